The summed E-state index contributed by atoms with van der Waals surface area (Å²) in [7, 11) is 0. The lowest BCUT2D eigenvalue weighted by Gasteiger charge is -2.25. The van der Waals surface area contributed by atoms with Crippen LogP contribution in [0.2, 0.25) is 0 Å². The third-order valence-corrected chi connectivity index (χ3v) is 3.66. The van der Waals surface area contributed by atoms with Gasteiger partial charge in [-0.25, -0.2) is 0 Å². The molecule has 2 aliphatic rings. The van der Waals surface area contributed by atoms with Crippen LogP contribution in [0, 0.1) is 0 Å². The Bertz CT molecular complexity index is 377. The molecule has 1 atom stereocenters. The number of hydrogen-bond acceptors (Lipinski definition) is 2. The van der Waals surface area contributed by atoms with Crippen molar-refractivity contribution in [1.82, 2.24) is 15.2 Å². The number of aromatic amines is 1. The number of nitrogens with one attached hydrogen (secondary N) is 2. The Morgan fingerprint density at radius 2 is 2.29 bits per heavy atom. The zero-order valence-electron chi connectivity index (χ0n) is 9.98. The Morgan fingerprint density at radius 3 is 2.88 bits per heavy atom. The van der Waals surface area contributed by atoms with Gasteiger partial charge in [0.2, 0.25) is 0 Å². The van der Waals surface area contributed by atoms with Crippen molar-refractivity contribution in [2.24, 2.45) is 0 Å². The van der Waals surface area contributed by atoms with Gasteiger partial charge in [0.05, 0.1) is 0 Å². The number of nitrogens with zero attached hydrogens (tertiary/aromatic N) is 1. The monoisotopic (exact) mass is 233 g/mol. The van der Waals surface area contributed by atoms with E-state index in [9.17, 15) is 4.79 Å². The fourth-order valence-corrected chi connectivity index (χ4v) is 2.55. The molecule has 1 aromatic rings. The van der Waals surface area contributed by atoms with E-state index in [0.29, 0.717) is 12.1 Å². The first-order chi connectivity index (χ1) is 8.34. The molecule has 1 saturated heterocycles. The summed E-state index contributed by atoms with van der Waals surface area (Å²) >= 11 is 0. The zero-order valence-corrected chi connectivity index (χ0v) is 9.98. The van der Waals surface area contributed by atoms with Gasteiger partial charge in [0, 0.05) is 24.8 Å². The SMILES string of the molecule is O=C(c1ccc[nH]1)N(CC1CCCN1)C1CC1. The van der Waals surface area contributed by atoms with Crippen molar-refractivity contribution in [2.45, 2.75) is 37.8 Å². The molecular formula is C13H19N3O. The number of carbonyl (C=O) groups excluding carboxylic acids is 1. The molecule has 1 saturated carbocycles. The fourth-order valence-electron chi connectivity index (χ4n) is 2.55. The zero-order chi connectivity index (χ0) is 11.7. The number of carbonyl (C=O) groups is 1. The van der Waals surface area contributed by atoms with Crippen LogP contribution in [-0.2, 0) is 0 Å². The van der Waals surface area contributed by atoms with E-state index in [-0.39, 0.29) is 5.91 Å². The van der Waals surface area contributed by atoms with Crippen LogP contribution in [0.15, 0.2) is 18.3 Å². The highest BCUT2D eigenvalue weighted by Crippen LogP contribution is 2.28. The largest absolute Gasteiger partial charge is 0.357 e. The minimum atomic E-state index is 0.159. The molecule has 1 unspecified atom stereocenters. The van der Waals surface area contributed by atoms with Gasteiger partial charge in [-0.05, 0) is 44.4 Å². The van der Waals surface area contributed by atoms with Gasteiger partial charge in [-0.3, -0.25) is 4.79 Å². The maximum atomic E-state index is 12.3. The molecule has 2 fully saturated rings. The van der Waals surface area contributed by atoms with Crippen molar-refractivity contribution in [2.75, 3.05) is 13.1 Å². The van der Waals surface area contributed by atoms with E-state index in [1.807, 2.05) is 18.3 Å². The standard InChI is InChI=1S/C13H19N3O/c17-13(12-4-2-8-15-12)16(11-5-6-11)9-10-3-1-7-14-10/h2,4,8,10-11,14-15H,1,3,5-7,9H2. The lowest BCUT2D eigenvalue weighted by molar-refractivity contribution is 0.0723. The highest BCUT2D eigenvalue weighted by Gasteiger charge is 2.35. The Kier molecular flexibility index (Phi) is 2.89. The molecule has 1 aromatic heterocycles. The van der Waals surface area contributed by atoms with Crippen LogP contribution >= 0.6 is 0 Å². The molecule has 0 radical (unpaired) electrons. The number of aromatic nitrogens is 1. The van der Waals surface area contributed by atoms with Gasteiger partial charge in [-0.1, -0.05) is 0 Å². The van der Waals surface area contributed by atoms with E-state index in [1.54, 1.807) is 0 Å². The first kappa shape index (κ1) is 10.8. The summed E-state index contributed by atoms with van der Waals surface area (Å²) in [6.45, 7) is 1.96. The molecule has 17 heavy (non-hydrogen) atoms. The second kappa shape index (κ2) is 4.53. The highest BCUT2D eigenvalue weighted by atomic mass is 16.2. The molecule has 3 rings (SSSR count). The van der Waals surface area contributed by atoms with E-state index >= 15 is 0 Å². The van der Waals surface area contributed by atoms with Crippen LogP contribution < -0.4 is 5.32 Å². The summed E-state index contributed by atoms with van der Waals surface area (Å²) in [5, 5.41) is 3.47. The Hall–Kier alpha value is -1.29. The predicted molar refractivity (Wildman–Crippen MR) is 65.9 cm³/mol. The summed E-state index contributed by atoms with van der Waals surface area (Å²) in [5.74, 6) is 0.159. The minimum Gasteiger partial charge on any atom is -0.357 e. The maximum absolute atomic E-state index is 12.3. The minimum absolute atomic E-state index is 0.159. The number of hydrogen-bond donors (Lipinski definition) is 2. The summed E-state index contributed by atoms with van der Waals surface area (Å²) < 4.78 is 0. The van der Waals surface area contributed by atoms with Gasteiger partial charge in [-0.2, -0.15) is 0 Å². The molecule has 0 bridgehead atoms. The van der Waals surface area contributed by atoms with Crippen molar-refractivity contribution in [3.05, 3.63) is 24.0 Å². The van der Waals surface area contributed by atoms with E-state index in [1.165, 1.54) is 25.7 Å². The number of amides is 1. The number of rotatable bonds is 4. The van der Waals surface area contributed by atoms with Crippen molar-refractivity contribution in [1.29, 1.82) is 0 Å². The van der Waals surface area contributed by atoms with E-state index in [0.717, 1.165) is 18.8 Å². The molecule has 2 N–H and O–H groups in total. The van der Waals surface area contributed by atoms with Gasteiger partial charge < -0.3 is 15.2 Å². The van der Waals surface area contributed by atoms with Crippen LogP contribution in [0.5, 0.6) is 0 Å². The topological polar surface area (TPSA) is 48.1 Å². The Balaban J connectivity index is 1.69. The normalized spacial score (nSPS) is 23.9. The molecule has 92 valence electrons. The second-order valence-electron chi connectivity index (χ2n) is 5.07. The van der Waals surface area contributed by atoms with Crippen molar-refractivity contribution >= 4 is 5.91 Å². The molecule has 1 aliphatic carbocycles. The fraction of sp³-hybridized carbons (Fsp3) is 0.615. The smallest absolute Gasteiger partial charge is 0.270 e. The van der Waals surface area contributed by atoms with Crippen LogP contribution in [0.1, 0.15) is 36.2 Å². The van der Waals surface area contributed by atoms with Crippen LogP contribution in [0.25, 0.3) is 0 Å². The molecule has 4 nitrogen and oxygen atoms in total. The highest BCUT2D eigenvalue weighted by molar-refractivity contribution is 5.92. The van der Waals surface area contributed by atoms with E-state index in [2.05, 4.69) is 15.2 Å². The van der Waals surface area contributed by atoms with Crippen molar-refractivity contribution in [3.8, 4) is 0 Å². The molecule has 0 spiro atoms. The van der Waals surface area contributed by atoms with Crippen LogP contribution in [0.4, 0.5) is 0 Å². The first-order valence-electron chi connectivity index (χ1n) is 6.52. The van der Waals surface area contributed by atoms with Gasteiger partial charge >= 0.3 is 0 Å². The summed E-state index contributed by atoms with van der Waals surface area (Å²) in [6.07, 6.45) is 6.57. The maximum Gasteiger partial charge on any atom is 0.270 e. The lowest BCUT2D eigenvalue weighted by Crippen LogP contribution is -2.42. The second-order valence-corrected chi connectivity index (χ2v) is 5.07. The summed E-state index contributed by atoms with van der Waals surface area (Å²) in [5.41, 5.74) is 0.717. The molecular weight excluding hydrogens is 214 g/mol. The Labute approximate surface area is 101 Å². The van der Waals surface area contributed by atoms with Gasteiger partial charge in [0.1, 0.15) is 5.69 Å². The van der Waals surface area contributed by atoms with Gasteiger partial charge in [-0.15, -0.1) is 0 Å². The number of H-pyrrole nitrogens is 1. The third kappa shape index (κ3) is 2.36. The van der Waals surface area contributed by atoms with Gasteiger partial charge in [0.15, 0.2) is 0 Å². The van der Waals surface area contributed by atoms with Crippen molar-refractivity contribution in [3.63, 3.8) is 0 Å². The Morgan fingerprint density at radius 1 is 1.41 bits per heavy atom. The molecule has 1 aliphatic heterocycles. The quantitative estimate of drug-likeness (QED) is 0.825. The summed E-state index contributed by atoms with van der Waals surface area (Å²) in [4.78, 5) is 17.4. The first-order valence-corrected chi connectivity index (χ1v) is 6.52. The average molecular weight is 233 g/mol. The van der Waals surface area contributed by atoms with E-state index in [4.69, 9.17) is 0 Å². The summed E-state index contributed by atoms with van der Waals surface area (Å²) in [6, 6.07) is 4.72. The van der Waals surface area contributed by atoms with Crippen LogP contribution in [-0.4, -0.2) is 41.0 Å². The third-order valence-electron chi connectivity index (χ3n) is 3.66. The lowest BCUT2D eigenvalue weighted by atomic mass is 10.2. The molecule has 4 heteroatoms. The van der Waals surface area contributed by atoms with Gasteiger partial charge in [0.25, 0.3) is 5.91 Å². The molecule has 0 aromatic carbocycles. The van der Waals surface area contributed by atoms with E-state index < -0.39 is 0 Å². The molecule has 2 heterocycles. The predicted octanol–water partition coefficient (Wildman–Crippen LogP) is 1.37. The average Bonchev–Trinajstić information content (AvgIpc) is 2.86. The van der Waals surface area contributed by atoms with Crippen LogP contribution in [0.3, 0.4) is 0 Å². The molecule has 1 amide bonds. The van der Waals surface area contributed by atoms with Crippen molar-refractivity contribution < 1.29 is 4.79 Å².